The Morgan fingerprint density at radius 1 is 1.18 bits per heavy atom. The van der Waals surface area contributed by atoms with E-state index >= 15 is 0 Å². The molecule has 4 aromatic rings. The second kappa shape index (κ2) is 7.48. The van der Waals surface area contributed by atoms with Crippen LogP contribution in [0.15, 0.2) is 67.3 Å². The second-order valence-electron chi connectivity index (χ2n) is 6.19. The van der Waals surface area contributed by atoms with E-state index < -0.39 is 0 Å². The maximum absolute atomic E-state index is 14.3. The molecule has 1 amide bonds. The summed E-state index contributed by atoms with van der Waals surface area (Å²) in [6.45, 7) is 0.197. The molecule has 2 heterocycles. The molecule has 0 saturated heterocycles. The molecule has 140 valence electrons. The van der Waals surface area contributed by atoms with Gasteiger partial charge in [0, 0.05) is 24.3 Å². The quantitative estimate of drug-likeness (QED) is 0.579. The predicted molar refractivity (Wildman–Crippen MR) is 103 cm³/mol. The van der Waals surface area contributed by atoms with E-state index in [4.69, 9.17) is 4.74 Å². The highest BCUT2D eigenvalue weighted by atomic mass is 19.1. The van der Waals surface area contributed by atoms with Gasteiger partial charge in [-0.05, 0) is 42.0 Å². The van der Waals surface area contributed by atoms with Crippen LogP contribution < -0.4 is 10.1 Å². The van der Waals surface area contributed by atoms with Gasteiger partial charge in [0.2, 0.25) is 0 Å². The minimum Gasteiger partial charge on any atom is -0.497 e. The first kappa shape index (κ1) is 17.7. The van der Waals surface area contributed by atoms with Gasteiger partial charge in [0.05, 0.1) is 24.6 Å². The molecule has 2 aromatic heterocycles. The zero-order valence-corrected chi connectivity index (χ0v) is 15.1. The minimum absolute atomic E-state index is 0.197. The van der Waals surface area contributed by atoms with E-state index in [1.165, 1.54) is 12.4 Å². The van der Waals surface area contributed by atoms with Gasteiger partial charge in [-0.1, -0.05) is 12.1 Å². The summed E-state index contributed by atoms with van der Waals surface area (Å²) in [4.78, 5) is 20.7. The molecule has 0 aliphatic heterocycles. The number of imidazole rings is 1. The molecule has 0 saturated carbocycles. The standard InChI is InChI=1S/C21H17FN4O2/c1-28-16-4-6-18-15(11-16)3-5-19(25-18)21(27)24-12-14-2-7-20(17(22)10-14)26-9-8-23-13-26/h2-11,13H,12H2,1H3,(H,24,27). The lowest BCUT2D eigenvalue weighted by Gasteiger charge is -2.09. The van der Waals surface area contributed by atoms with Crippen molar-refractivity contribution in [3.8, 4) is 11.4 Å². The van der Waals surface area contributed by atoms with Crippen LogP contribution in [0.4, 0.5) is 4.39 Å². The molecule has 0 bridgehead atoms. The van der Waals surface area contributed by atoms with Gasteiger partial charge >= 0.3 is 0 Å². The van der Waals surface area contributed by atoms with Crippen molar-refractivity contribution in [1.82, 2.24) is 19.9 Å². The molecule has 6 nitrogen and oxygen atoms in total. The van der Waals surface area contributed by atoms with Crippen LogP contribution in [0.2, 0.25) is 0 Å². The number of hydrogen-bond donors (Lipinski definition) is 1. The van der Waals surface area contributed by atoms with Gasteiger partial charge in [-0.25, -0.2) is 14.4 Å². The van der Waals surface area contributed by atoms with Crippen LogP contribution >= 0.6 is 0 Å². The molecule has 0 atom stereocenters. The summed E-state index contributed by atoms with van der Waals surface area (Å²) >= 11 is 0. The fraction of sp³-hybridized carbons (Fsp3) is 0.0952. The molecule has 0 aliphatic rings. The third-order valence-electron chi connectivity index (χ3n) is 4.38. The molecular weight excluding hydrogens is 359 g/mol. The van der Waals surface area contributed by atoms with Crippen molar-refractivity contribution in [2.75, 3.05) is 7.11 Å². The lowest BCUT2D eigenvalue weighted by atomic mass is 10.1. The fourth-order valence-electron chi connectivity index (χ4n) is 2.90. The van der Waals surface area contributed by atoms with Crippen LogP contribution in [0.25, 0.3) is 16.6 Å². The Morgan fingerprint density at radius 2 is 2.07 bits per heavy atom. The Kier molecular flexibility index (Phi) is 4.72. The van der Waals surface area contributed by atoms with E-state index in [-0.39, 0.29) is 18.3 Å². The zero-order chi connectivity index (χ0) is 19.5. The predicted octanol–water partition coefficient (Wildman–Crippen LogP) is 3.50. The Labute approximate surface area is 160 Å². The van der Waals surface area contributed by atoms with Crippen molar-refractivity contribution in [3.63, 3.8) is 0 Å². The summed E-state index contributed by atoms with van der Waals surface area (Å²) in [5.74, 6) is 0.0204. The number of aromatic nitrogens is 3. The molecule has 4 rings (SSSR count). The third-order valence-corrected chi connectivity index (χ3v) is 4.38. The lowest BCUT2D eigenvalue weighted by Crippen LogP contribution is -2.23. The number of nitrogens with one attached hydrogen (secondary N) is 1. The van der Waals surface area contributed by atoms with Crippen molar-refractivity contribution in [3.05, 3.63) is 84.3 Å². The van der Waals surface area contributed by atoms with E-state index in [1.54, 1.807) is 54.4 Å². The first-order chi connectivity index (χ1) is 13.6. The van der Waals surface area contributed by atoms with Crippen LogP contribution in [0, 0.1) is 5.82 Å². The van der Waals surface area contributed by atoms with Crippen LogP contribution in [-0.2, 0) is 6.54 Å². The molecule has 0 aliphatic carbocycles. The second-order valence-corrected chi connectivity index (χ2v) is 6.19. The molecular formula is C21H17FN4O2. The number of halogens is 1. The summed E-state index contributed by atoms with van der Waals surface area (Å²) in [5, 5.41) is 3.65. The number of amides is 1. The number of pyridine rings is 1. The zero-order valence-electron chi connectivity index (χ0n) is 15.1. The van der Waals surface area contributed by atoms with E-state index in [0.29, 0.717) is 22.5 Å². The van der Waals surface area contributed by atoms with E-state index in [0.717, 1.165) is 11.1 Å². The van der Waals surface area contributed by atoms with Gasteiger partial charge in [0.25, 0.3) is 5.91 Å². The molecule has 1 N–H and O–H groups in total. The summed E-state index contributed by atoms with van der Waals surface area (Å²) in [6, 6.07) is 13.7. The third kappa shape index (κ3) is 3.55. The average molecular weight is 376 g/mol. The van der Waals surface area contributed by atoms with Crippen molar-refractivity contribution < 1.29 is 13.9 Å². The van der Waals surface area contributed by atoms with Gasteiger partial charge in [-0.2, -0.15) is 0 Å². The number of carbonyl (C=O) groups excluding carboxylic acids is 1. The molecule has 0 unspecified atom stereocenters. The number of rotatable bonds is 5. The van der Waals surface area contributed by atoms with Gasteiger partial charge in [-0.15, -0.1) is 0 Å². The highest BCUT2D eigenvalue weighted by molar-refractivity contribution is 5.95. The molecule has 0 fully saturated rings. The van der Waals surface area contributed by atoms with Crippen LogP contribution in [0.1, 0.15) is 16.1 Å². The normalized spacial score (nSPS) is 10.8. The van der Waals surface area contributed by atoms with Gasteiger partial charge in [0.15, 0.2) is 0 Å². The number of fused-ring (bicyclic) bond motifs is 1. The summed E-state index contributed by atoms with van der Waals surface area (Å²) in [5.41, 5.74) is 2.05. The van der Waals surface area contributed by atoms with Gasteiger partial charge in [0.1, 0.15) is 17.3 Å². The molecule has 0 spiro atoms. The van der Waals surface area contributed by atoms with E-state index in [9.17, 15) is 9.18 Å². The first-order valence-corrected chi connectivity index (χ1v) is 8.64. The van der Waals surface area contributed by atoms with E-state index in [2.05, 4.69) is 15.3 Å². The van der Waals surface area contributed by atoms with Crippen molar-refractivity contribution in [2.24, 2.45) is 0 Å². The number of nitrogens with zero attached hydrogens (tertiary/aromatic N) is 3. The highest BCUT2D eigenvalue weighted by Gasteiger charge is 2.10. The van der Waals surface area contributed by atoms with Crippen molar-refractivity contribution in [1.29, 1.82) is 0 Å². The molecule has 0 radical (unpaired) electrons. The monoisotopic (exact) mass is 376 g/mol. The average Bonchev–Trinajstić information content (AvgIpc) is 3.25. The summed E-state index contributed by atoms with van der Waals surface area (Å²) < 4.78 is 21.1. The number of methoxy groups -OCH3 is 1. The number of hydrogen-bond acceptors (Lipinski definition) is 4. The van der Waals surface area contributed by atoms with Crippen LogP contribution in [-0.4, -0.2) is 27.6 Å². The Hall–Kier alpha value is -3.74. The first-order valence-electron chi connectivity index (χ1n) is 8.64. The van der Waals surface area contributed by atoms with Crippen molar-refractivity contribution >= 4 is 16.8 Å². The Balaban J connectivity index is 1.47. The summed E-state index contributed by atoms with van der Waals surface area (Å²) in [7, 11) is 1.60. The largest absolute Gasteiger partial charge is 0.497 e. The number of ether oxygens (including phenoxy) is 1. The Morgan fingerprint density at radius 3 is 2.82 bits per heavy atom. The summed E-state index contributed by atoms with van der Waals surface area (Å²) in [6.07, 6.45) is 4.78. The number of benzene rings is 2. The van der Waals surface area contributed by atoms with E-state index in [1.807, 2.05) is 12.1 Å². The van der Waals surface area contributed by atoms with Gasteiger partial charge in [-0.3, -0.25) is 4.79 Å². The lowest BCUT2D eigenvalue weighted by molar-refractivity contribution is 0.0946. The SMILES string of the molecule is COc1ccc2nc(C(=O)NCc3ccc(-n4ccnc4)c(F)c3)ccc2c1. The number of carbonyl (C=O) groups is 1. The smallest absolute Gasteiger partial charge is 0.270 e. The van der Waals surface area contributed by atoms with Crippen LogP contribution in [0.5, 0.6) is 5.75 Å². The maximum atomic E-state index is 14.3. The topological polar surface area (TPSA) is 69.0 Å². The Bertz CT molecular complexity index is 1140. The minimum atomic E-state index is -0.387. The van der Waals surface area contributed by atoms with Gasteiger partial charge < -0.3 is 14.6 Å². The van der Waals surface area contributed by atoms with Crippen molar-refractivity contribution in [2.45, 2.75) is 6.54 Å². The fourth-order valence-corrected chi connectivity index (χ4v) is 2.90. The van der Waals surface area contributed by atoms with Crippen LogP contribution in [0.3, 0.4) is 0 Å². The maximum Gasteiger partial charge on any atom is 0.270 e. The molecule has 28 heavy (non-hydrogen) atoms. The highest BCUT2D eigenvalue weighted by Crippen LogP contribution is 2.20. The molecule has 7 heteroatoms. The molecule has 2 aromatic carbocycles.